The highest BCUT2D eigenvalue weighted by Crippen LogP contribution is 2.18. The highest BCUT2D eigenvalue weighted by molar-refractivity contribution is 5.95. The minimum absolute atomic E-state index is 0.0702. The molecule has 1 aliphatic rings. The summed E-state index contributed by atoms with van der Waals surface area (Å²) in [6.45, 7) is 2.26. The van der Waals surface area contributed by atoms with E-state index in [0.29, 0.717) is 49.9 Å². The first kappa shape index (κ1) is 20.3. The number of carbonyl (C=O) groups excluding carboxylic acids is 2. The fourth-order valence-corrected chi connectivity index (χ4v) is 3.31. The van der Waals surface area contributed by atoms with E-state index in [4.69, 9.17) is 4.74 Å². The number of anilines is 1. The van der Waals surface area contributed by atoms with Crippen LogP contribution in [0, 0.1) is 0 Å². The lowest BCUT2D eigenvalue weighted by Gasteiger charge is -2.34. The van der Waals surface area contributed by atoms with Gasteiger partial charge in [-0.1, -0.05) is 36.4 Å². The Hall–Kier alpha value is -3.94. The van der Waals surface area contributed by atoms with E-state index in [0.717, 1.165) is 5.56 Å². The first-order valence-corrected chi connectivity index (χ1v) is 10.1. The molecule has 2 heterocycles. The van der Waals surface area contributed by atoms with Crippen LogP contribution in [-0.4, -0.2) is 57.9 Å². The summed E-state index contributed by atoms with van der Waals surface area (Å²) in [5.74, 6) is 0.981. The van der Waals surface area contributed by atoms with E-state index in [1.165, 1.54) is 12.4 Å². The van der Waals surface area contributed by atoms with Crippen molar-refractivity contribution in [2.24, 2.45) is 0 Å². The maximum absolute atomic E-state index is 12.9. The second-order valence-electron chi connectivity index (χ2n) is 7.10. The second-order valence-corrected chi connectivity index (χ2v) is 7.10. The SMILES string of the molecule is O=C(Nc1cnccn1)N1CCN(C(=O)c2cccc(OCc3ccccc3)c2)CC1. The number of piperazine rings is 1. The van der Waals surface area contributed by atoms with E-state index in [9.17, 15) is 9.59 Å². The lowest BCUT2D eigenvalue weighted by Crippen LogP contribution is -2.51. The lowest BCUT2D eigenvalue weighted by molar-refractivity contribution is 0.0671. The molecule has 3 aromatic rings. The largest absolute Gasteiger partial charge is 0.489 e. The normalized spacial score (nSPS) is 13.5. The molecule has 4 rings (SSSR count). The molecule has 31 heavy (non-hydrogen) atoms. The monoisotopic (exact) mass is 417 g/mol. The fraction of sp³-hybridized carbons (Fsp3) is 0.217. The van der Waals surface area contributed by atoms with Gasteiger partial charge in [0, 0.05) is 44.1 Å². The molecule has 0 saturated carbocycles. The molecule has 0 unspecified atom stereocenters. The molecule has 158 valence electrons. The number of amides is 3. The van der Waals surface area contributed by atoms with Gasteiger partial charge in [-0.3, -0.25) is 15.1 Å². The maximum Gasteiger partial charge on any atom is 0.323 e. The van der Waals surface area contributed by atoms with Gasteiger partial charge >= 0.3 is 6.03 Å². The predicted molar refractivity (Wildman–Crippen MR) is 116 cm³/mol. The van der Waals surface area contributed by atoms with E-state index in [1.807, 2.05) is 42.5 Å². The molecule has 1 aromatic heterocycles. The van der Waals surface area contributed by atoms with Crippen LogP contribution in [0.25, 0.3) is 0 Å². The zero-order valence-corrected chi connectivity index (χ0v) is 17.0. The van der Waals surface area contributed by atoms with Gasteiger partial charge in [0.15, 0.2) is 5.82 Å². The Labute approximate surface area is 180 Å². The number of hydrogen-bond donors (Lipinski definition) is 1. The number of rotatable bonds is 5. The quantitative estimate of drug-likeness (QED) is 0.689. The Bertz CT molecular complexity index is 1020. The van der Waals surface area contributed by atoms with Gasteiger partial charge in [0.2, 0.25) is 0 Å². The summed E-state index contributed by atoms with van der Waals surface area (Å²) in [6.07, 6.45) is 4.55. The summed E-state index contributed by atoms with van der Waals surface area (Å²) in [4.78, 5) is 36.7. The summed E-state index contributed by atoms with van der Waals surface area (Å²) >= 11 is 0. The molecule has 1 aliphatic heterocycles. The number of aromatic nitrogens is 2. The highest BCUT2D eigenvalue weighted by atomic mass is 16.5. The smallest absolute Gasteiger partial charge is 0.323 e. The number of carbonyl (C=O) groups is 2. The Morgan fingerprint density at radius 3 is 2.45 bits per heavy atom. The first-order valence-electron chi connectivity index (χ1n) is 10.1. The van der Waals surface area contributed by atoms with Crippen molar-refractivity contribution < 1.29 is 14.3 Å². The fourth-order valence-electron chi connectivity index (χ4n) is 3.31. The van der Waals surface area contributed by atoms with Gasteiger partial charge < -0.3 is 14.5 Å². The van der Waals surface area contributed by atoms with Crippen LogP contribution >= 0.6 is 0 Å². The van der Waals surface area contributed by atoms with Crippen molar-refractivity contribution in [1.29, 1.82) is 0 Å². The molecule has 1 N–H and O–H groups in total. The van der Waals surface area contributed by atoms with Crippen LogP contribution in [0.5, 0.6) is 5.75 Å². The van der Waals surface area contributed by atoms with Gasteiger partial charge in [-0.15, -0.1) is 0 Å². The Morgan fingerprint density at radius 2 is 1.71 bits per heavy atom. The molecule has 0 radical (unpaired) electrons. The van der Waals surface area contributed by atoms with Gasteiger partial charge in [0.05, 0.1) is 6.20 Å². The van der Waals surface area contributed by atoms with Crippen molar-refractivity contribution in [3.8, 4) is 5.75 Å². The van der Waals surface area contributed by atoms with E-state index >= 15 is 0 Å². The highest BCUT2D eigenvalue weighted by Gasteiger charge is 2.25. The number of nitrogens with zero attached hydrogens (tertiary/aromatic N) is 4. The maximum atomic E-state index is 12.9. The third-order valence-electron chi connectivity index (χ3n) is 4.98. The molecule has 0 spiro atoms. The standard InChI is InChI=1S/C23H23N5O3/c29-22(19-7-4-8-20(15-19)31-17-18-5-2-1-3-6-18)27-11-13-28(14-12-27)23(30)26-21-16-24-9-10-25-21/h1-10,15-16H,11-14,17H2,(H,25,26,30). The minimum atomic E-state index is -0.246. The van der Waals surface area contributed by atoms with E-state index in [1.54, 1.807) is 28.1 Å². The second kappa shape index (κ2) is 9.71. The summed E-state index contributed by atoms with van der Waals surface area (Å²) in [6, 6.07) is 16.8. The van der Waals surface area contributed by atoms with Gasteiger partial charge in [-0.2, -0.15) is 0 Å². The summed E-state index contributed by atoms with van der Waals surface area (Å²) in [5.41, 5.74) is 1.64. The number of hydrogen-bond acceptors (Lipinski definition) is 5. The first-order chi connectivity index (χ1) is 15.2. The van der Waals surface area contributed by atoms with E-state index in [2.05, 4.69) is 15.3 Å². The van der Waals surface area contributed by atoms with Crippen LogP contribution in [0.1, 0.15) is 15.9 Å². The van der Waals surface area contributed by atoms with Crippen LogP contribution in [0.2, 0.25) is 0 Å². The summed E-state index contributed by atoms with van der Waals surface area (Å²) in [7, 11) is 0. The molecule has 0 atom stereocenters. The van der Waals surface area contributed by atoms with Gasteiger partial charge in [-0.05, 0) is 23.8 Å². The minimum Gasteiger partial charge on any atom is -0.489 e. The Kier molecular flexibility index (Phi) is 6.37. The third kappa shape index (κ3) is 5.36. The molecule has 0 aliphatic carbocycles. The molecule has 1 saturated heterocycles. The van der Waals surface area contributed by atoms with Crippen LogP contribution < -0.4 is 10.1 Å². The van der Waals surface area contributed by atoms with Crippen molar-refractivity contribution in [2.45, 2.75) is 6.61 Å². The summed E-state index contributed by atoms with van der Waals surface area (Å²) < 4.78 is 5.83. The molecule has 1 fully saturated rings. The van der Waals surface area contributed by atoms with Crippen molar-refractivity contribution in [3.63, 3.8) is 0 Å². The van der Waals surface area contributed by atoms with Crippen molar-refractivity contribution in [1.82, 2.24) is 19.8 Å². The number of benzene rings is 2. The Balaban J connectivity index is 1.30. The van der Waals surface area contributed by atoms with E-state index < -0.39 is 0 Å². The number of ether oxygens (including phenoxy) is 1. The molecule has 8 nitrogen and oxygen atoms in total. The molecule has 2 aromatic carbocycles. The lowest BCUT2D eigenvalue weighted by atomic mass is 10.1. The van der Waals surface area contributed by atoms with E-state index in [-0.39, 0.29) is 11.9 Å². The molecule has 8 heteroatoms. The van der Waals surface area contributed by atoms with Crippen molar-refractivity contribution in [3.05, 3.63) is 84.3 Å². The summed E-state index contributed by atoms with van der Waals surface area (Å²) in [5, 5.41) is 2.72. The average Bonchev–Trinajstić information content (AvgIpc) is 2.84. The predicted octanol–water partition coefficient (Wildman–Crippen LogP) is 3.05. The van der Waals surface area contributed by atoms with Crippen molar-refractivity contribution >= 4 is 17.8 Å². The van der Waals surface area contributed by atoms with Crippen LogP contribution in [0.15, 0.2) is 73.2 Å². The van der Waals surface area contributed by atoms with Gasteiger partial charge in [0.1, 0.15) is 12.4 Å². The van der Waals surface area contributed by atoms with Crippen molar-refractivity contribution in [2.75, 3.05) is 31.5 Å². The number of urea groups is 1. The van der Waals surface area contributed by atoms with Crippen LogP contribution in [0.3, 0.4) is 0 Å². The van der Waals surface area contributed by atoms with Gasteiger partial charge in [-0.25, -0.2) is 9.78 Å². The van der Waals surface area contributed by atoms with Crippen LogP contribution in [-0.2, 0) is 6.61 Å². The Morgan fingerprint density at radius 1 is 0.935 bits per heavy atom. The molecular weight excluding hydrogens is 394 g/mol. The number of nitrogens with one attached hydrogen (secondary N) is 1. The molecule has 0 bridgehead atoms. The molecular formula is C23H23N5O3. The zero-order chi connectivity index (χ0) is 21.5. The van der Waals surface area contributed by atoms with Crippen LogP contribution in [0.4, 0.5) is 10.6 Å². The topological polar surface area (TPSA) is 87.7 Å². The average molecular weight is 417 g/mol. The molecule has 3 amide bonds. The van der Waals surface area contributed by atoms with Gasteiger partial charge in [0.25, 0.3) is 5.91 Å². The third-order valence-corrected chi connectivity index (χ3v) is 4.98. The zero-order valence-electron chi connectivity index (χ0n) is 17.0.